The average molecular weight is 191 g/mol. The van der Waals surface area contributed by atoms with Crippen LogP contribution in [0, 0.1) is 0 Å². The zero-order valence-electron chi connectivity index (χ0n) is 8.12. The molecule has 0 aliphatic heterocycles. The summed E-state index contributed by atoms with van der Waals surface area (Å²) < 4.78 is 0. The van der Waals surface area contributed by atoms with E-state index in [1.54, 1.807) is 0 Å². The lowest BCUT2D eigenvalue weighted by atomic mass is 10.1. The van der Waals surface area contributed by atoms with Gasteiger partial charge in [-0.15, -0.1) is 0 Å². The minimum atomic E-state index is 1.23. The Kier molecular flexibility index (Phi) is 1.13. The van der Waals surface area contributed by atoms with Gasteiger partial charge < -0.3 is 4.98 Å². The molecule has 0 fully saturated rings. The van der Waals surface area contributed by atoms with E-state index in [4.69, 9.17) is 0 Å². The minimum Gasteiger partial charge on any atom is -0.361 e. The lowest BCUT2D eigenvalue weighted by molar-refractivity contribution is 1.47. The van der Waals surface area contributed by atoms with Crippen LogP contribution in [0.5, 0.6) is 0 Å². The summed E-state index contributed by atoms with van der Waals surface area (Å²) in [6.45, 7) is 0. The summed E-state index contributed by atoms with van der Waals surface area (Å²) in [6.07, 6.45) is 2.11. The molecule has 4 rings (SSSR count). The summed E-state index contributed by atoms with van der Waals surface area (Å²) in [5.41, 5.74) is 6.65. The predicted octanol–water partition coefficient (Wildman–Crippen LogP) is 3.82. The third kappa shape index (κ3) is 0.747. The van der Waals surface area contributed by atoms with Gasteiger partial charge in [0.25, 0.3) is 0 Å². The molecular weight excluding hydrogens is 182 g/mol. The van der Waals surface area contributed by atoms with Gasteiger partial charge in [0, 0.05) is 22.7 Å². The molecule has 1 aliphatic carbocycles. The average Bonchev–Trinajstić information content (AvgIpc) is 2.85. The molecule has 1 heteroatoms. The maximum atomic E-state index is 3.32. The minimum absolute atomic E-state index is 1.23. The number of hydrogen-bond acceptors (Lipinski definition) is 0. The third-order valence-electron chi connectivity index (χ3n) is 3.21. The molecule has 2 aromatic carbocycles. The van der Waals surface area contributed by atoms with Crippen molar-refractivity contribution >= 4 is 10.9 Å². The molecule has 0 atom stereocenters. The first kappa shape index (κ1) is 7.30. The second-order valence-electron chi connectivity index (χ2n) is 3.98. The maximum absolute atomic E-state index is 3.32. The van der Waals surface area contributed by atoms with Gasteiger partial charge in [-0.2, -0.15) is 0 Å². The molecule has 1 aromatic heterocycles. The summed E-state index contributed by atoms with van der Waals surface area (Å²) in [4.78, 5) is 3.32. The summed E-state index contributed by atoms with van der Waals surface area (Å²) >= 11 is 0. The smallest absolute Gasteiger partial charge is 0.0466 e. The second-order valence-corrected chi connectivity index (χ2v) is 3.98. The first-order valence-electron chi connectivity index (χ1n) is 5.15. The summed E-state index contributed by atoms with van der Waals surface area (Å²) in [7, 11) is 0. The van der Waals surface area contributed by atoms with E-state index in [9.17, 15) is 0 Å². The van der Waals surface area contributed by atoms with Gasteiger partial charge in [0.15, 0.2) is 0 Å². The van der Waals surface area contributed by atoms with E-state index in [1.807, 2.05) is 0 Å². The Hall–Kier alpha value is -2.02. The van der Waals surface area contributed by atoms with E-state index < -0.39 is 0 Å². The van der Waals surface area contributed by atoms with Crippen LogP contribution < -0.4 is 0 Å². The van der Waals surface area contributed by atoms with Crippen LogP contribution in [-0.4, -0.2) is 4.98 Å². The van der Waals surface area contributed by atoms with Gasteiger partial charge in [-0.1, -0.05) is 36.4 Å². The fourth-order valence-electron chi connectivity index (χ4n) is 2.57. The van der Waals surface area contributed by atoms with Crippen LogP contribution in [0.4, 0.5) is 0 Å². The lowest BCUT2D eigenvalue weighted by Crippen LogP contribution is -1.75. The highest BCUT2D eigenvalue weighted by atomic mass is 14.7. The Morgan fingerprint density at radius 2 is 1.40 bits per heavy atom. The molecule has 1 N–H and O–H groups in total. The number of benzene rings is 2. The standard InChI is InChI=1S/C14H9N/c1-2-5-10-9(4-1)11-6-3-7-13-14(11)12(10)8-15-13/h1-8,15H. The van der Waals surface area contributed by atoms with Crippen molar-refractivity contribution in [2.75, 3.05) is 0 Å². The van der Waals surface area contributed by atoms with Crippen LogP contribution in [0.3, 0.4) is 0 Å². The second kappa shape index (κ2) is 2.31. The normalized spacial score (nSPS) is 12.0. The van der Waals surface area contributed by atoms with Crippen LogP contribution in [0.2, 0.25) is 0 Å². The third-order valence-corrected chi connectivity index (χ3v) is 3.21. The summed E-state index contributed by atoms with van der Waals surface area (Å²) in [5.74, 6) is 0. The van der Waals surface area contributed by atoms with E-state index in [1.165, 1.54) is 33.2 Å². The molecule has 1 heterocycles. The van der Waals surface area contributed by atoms with Crippen molar-refractivity contribution in [1.82, 2.24) is 4.98 Å². The Balaban J connectivity index is 2.31. The van der Waals surface area contributed by atoms with Gasteiger partial charge in [0.05, 0.1) is 0 Å². The van der Waals surface area contributed by atoms with Crippen LogP contribution in [0.1, 0.15) is 0 Å². The summed E-state index contributed by atoms with van der Waals surface area (Å²) in [5, 5.41) is 1.37. The van der Waals surface area contributed by atoms with Crippen molar-refractivity contribution in [3.8, 4) is 22.3 Å². The van der Waals surface area contributed by atoms with E-state index in [0.717, 1.165) is 0 Å². The van der Waals surface area contributed by atoms with Crippen LogP contribution in [-0.2, 0) is 0 Å². The van der Waals surface area contributed by atoms with Gasteiger partial charge in [0.1, 0.15) is 0 Å². The number of fused-ring (bicyclic) bond motifs is 3. The van der Waals surface area contributed by atoms with Crippen molar-refractivity contribution < 1.29 is 0 Å². The molecule has 1 aliphatic rings. The van der Waals surface area contributed by atoms with Gasteiger partial charge in [-0.05, 0) is 22.8 Å². The molecule has 70 valence electrons. The lowest BCUT2D eigenvalue weighted by Gasteiger charge is -2.00. The Bertz CT molecular complexity index is 662. The number of H-pyrrole nitrogens is 1. The predicted molar refractivity (Wildman–Crippen MR) is 62.7 cm³/mol. The topological polar surface area (TPSA) is 15.8 Å². The molecule has 0 unspecified atom stereocenters. The van der Waals surface area contributed by atoms with Crippen LogP contribution >= 0.6 is 0 Å². The highest BCUT2D eigenvalue weighted by Crippen LogP contribution is 2.46. The Morgan fingerprint density at radius 3 is 2.27 bits per heavy atom. The SMILES string of the molecule is c1ccc2c(c1)-c1cccc3[nH]cc-2c13. The molecule has 1 nitrogen and oxygen atoms in total. The number of hydrogen-bond donors (Lipinski definition) is 1. The highest BCUT2D eigenvalue weighted by Gasteiger charge is 2.20. The van der Waals surface area contributed by atoms with E-state index in [2.05, 4.69) is 53.6 Å². The number of aromatic amines is 1. The summed E-state index contributed by atoms with van der Waals surface area (Å²) in [6, 6.07) is 15.0. The van der Waals surface area contributed by atoms with Gasteiger partial charge in [0.2, 0.25) is 0 Å². The quantitative estimate of drug-likeness (QED) is 0.435. The zero-order chi connectivity index (χ0) is 9.83. The van der Waals surface area contributed by atoms with Gasteiger partial charge in [-0.25, -0.2) is 0 Å². The van der Waals surface area contributed by atoms with Crippen molar-refractivity contribution in [1.29, 1.82) is 0 Å². The number of aromatic nitrogens is 1. The number of nitrogens with one attached hydrogen (secondary N) is 1. The van der Waals surface area contributed by atoms with E-state index >= 15 is 0 Å². The van der Waals surface area contributed by atoms with Crippen molar-refractivity contribution in [2.45, 2.75) is 0 Å². The molecule has 0 bridgehead atoms. The van der Waals surface area contributed by atoms with E-state index in [-0.39, 0.29) is 0 Å². The maximum Gasteiger partial charge on any atom is 0.0466 e. The molecular formula is C14H9N. The van der Waals surface area contributed by atoms with Crippen molar-refractivity contribution in [2.24, 2.45) is 0 Å². The molecule has 0 saturated heterocycles. The van der Waals surface area contributed by atoms with Crippen molar-refractivity contribution in [3.63, 3.8) is 0 Å². The molecule has 0 amide bonds. The molecule has 0 radical (unpaired) electrons. The molecule has 3 aromatic rings. The fraction of sp³-hybridized carbons (Fsp3) is 0. The first-order valence-corrected chi connectivity index (χ1v) is 5.15. The molecule has 15 heavy (non-hydrogen) atoms. The monoisotopic (exact) mass is 191 g/mol. The van der Waals surface area contributed by atoms with Crippen LogP contribution in [0.25, 0.3) is 33.2 Å². The fourth-order valence-corrected chi connectivity index (χ4v) is 2.57. The molecule has 0 spiro atoms. The van der Waals surface area contributed by atoms with Gasteiger partial charge in [-0.3, -0.25) is 0 Å². The van der Waals surface area contributed by atoms with Crippen LogP contribution in [0.15, 0.2) is 48.7 Å². The largest absolute Gasteiger partial charge is 0.361 e. The molecule has 0 saturated carbocycles. The first-order chi connectivity index (χ1) is 7.45. The van der Waals surface area contributed by atoms with Crippen molar-refractivity contribution in [3.05, 3.63) is 48.7 Å². The zero-order valence-corrected chi connectivity index (χ0v) is 8.12. The number of rotatable bonds is 0. The Morgan fingerprint density at radius 1 is 0.667 bits per heavy atom. The van der Waals surface area contributed by atoms with E-state index in [0.29, 0.717) is 0 Å². The van der Waals surface area contributed by atoms with Gasteiger partial charge >= 0.3 is 0 Å². The highest BCUT2D eigenvalue weighted by molar-refractivity contribution is 6.14. The Labute approximate surface area is 87.4 Å².